The molecule has 0 radical (unpaired) electrons. The van der Waals surface area contributed by atoms with Gasteiger partial charge in [-0.25, -0.2) is 14.4 Å². The van der Waals surface area contributed by atoms with Gasteiger partial charge >= 0.3 is 0 Å². The molecule has 0 spiro atoms. The molecule has 0 atom stereocenters. The first-order chi connectivity index (χ1) is 9.20. The van der Waals surface area contributed by atoms with Crippen molar-refractivity contribution in [3.8, 4) is 5.69 Å². The van der Waals surface area contributed by atoms with E-state index in [9.17, 15) is 4.39 Å². The number of hydrogen-bond donors (Lipinski definition) is 0. The quantitative estimate of drug-likeness (QED) is 0.720. The molecule has 0 unspecified atom stereocenters. The molecule has 0 fully saturated rings. The zero-order valence-corrected chi connectivity index (χ0v) is 12.7. The molecule has 4 nitrogen and oxygen atoms in total. The molecular formula is C13H11BrClFN4. The fourth-order valence-corrected chi connectivity index (χ4v) is 2.30. The van der Waals surface area contributed by atoms with Gasteiger partial charge in [0.15, 0.2) is 0 Å². The topological polar surface area (TPSA) is 35.6 Å². The summed E-state index contributed by atoms with van der Waals surface area (Å²) in [6, 6.07) is 4.73. The molecule has 0 saturated heterocycles. The van der Waals surface area contributed by atoms with Crippen molar-refractivity contribution < 1.29 is 4.39 Å². The van der Waals surface area contributed by atoms with Crippen molar-refractivity contribution >= 4 is 28.3 Å². The maximum absolute atomic E-state index is 13.3. The van der Waals surface area contributed by atoms with E-state index in [0.29, 0.717) is 11.0 Å². The molecule has 0 saturated carbocycles. The molecule has 7 heteroatoms. The number of nitrogens with zero attached hydrogens (tertiary/aromatic N) is 4. The molecule has 104 valence electrons. The van der Waals surface area contributed by atoms with Gasteiger partial charge in [0.05, 0.1) is 30.6 Å². The van der Waals surface area contributed by atoms with Gasteiger partial charge in [-0.15, -0.1) is 12.4 Å². The van der Waals surface area contributed by atoms with Crippen LogP contribution >= 0.6 is 28.3 Å². The minimum absolute atomic E-state index is 0. The molecule has 3 rings (SSSR count). The van der Waals surface area contributed by atoms with E-state index in [2.05, 4.69) is 25.9 Å². The highest BCUT2D eigenvalue weighted by molar-refractivity contribution is 9.10. The summed E-state index contributed by atoms with van der Waals surface area (Å²) < 4.78 is 17.8. The Morgan fingerprint density at radius 3 is 2.75 bits per heavy atom. The third kappa shape index (κ3) is 3.26. The van der Waals surface area contributed by atoms with Gasteiger partial charge in [-0.2, -0.15) is 0 Å². The van der Waals surface area contributed by atoms with E-state index in [1.165, 1.54) is 12.1 Å². The van der Waals surface area contributed by atoms with Crippen LogP contribution in [0.2, 0.25) is 0 Å². The van der Waals surface area contributed by atoms with E-state index in [0.717, 1.165) is 11.4 Å². The van der Waals surface area contributed by atoms with Crippen LogP contribution in [0.15, 0.2) is 53.9 Å². The van der Waals surface area contributed by atoms with Gasteiger partial charge in [0.2, 0.25) is 0 Å². The summed E-state index contributed by atoms with van der Waals surface area (Å²) in [7, 11) is 0. The van der Waals surface area contributed by atoms with Crippen LogP contribution in [0.1, 0.15) is 5.69 Å². The summed E-state index contributed by atoms with van der Waals surface area (Å²) in [5.41, 5.74) is 1.62. The minimum Gasteiger partial charge on any atom is -0.331 e. The summed E-state index contributed by atoms with van der Waals surface area (Å²) in [4.78, 5) is 8.28. The molecule has 0 aliphatic heterocycles. The smallest absolute Gasteiger partial charge is 0.126 e. The summed E-state index contributed by atoms with van der Waals surface area (Å²) in [5.74, 6) is -0.283. The summed E-state index contributed by atoms with van der Waals surface area (Å²) in [6.45, 7) is 0.642. The maximum Gasteiger partial charge on any atom is 0.126 e. The SMILES string of the molecule is Cl.Fc1cc(Br)cc(-n2cnc(Cn3ccnc3)c2)c1. The zero-order chi connectivity index (χ0) is 13.2. The molecular weight excluding hydrogens is 347 g/mol. The second kappa shape index (κ2) is 6.19. The standard InChI is InChI=1S/C13H10BrFN4.ClH/c14-10-3-11(15)5-13(4-10)19-7-12(17-9-19)6-18-2-1-16-8-18;/h1-5,7-9H,6H2;1H. The van der Waals surface area contributed by atoms with Gasteiger partial charge in [0, 0.05) is 23.1 Å². The average molecular weight is 358 g/mol. The minimum atomic E-state index is -0.283. The molecule has 2 heterocycles. The lowest BCUT2D eigenvalue weighted by molar-refractivity contribution is 0.625. The predicted molar refractivity (Wildman–Crippen MR) is 79.8 cm³/mol. The van der Waals surface area contributed by atoms with Gasteiger partial charge in [-0.05, 0) is 18.2 Å². The van der Waals surface area contributed by atoms with Crippen LogP contribution in [0.5, 0.6) is 0 Å². The monoisotopic (exact) mass is 356 g/mol. The van der Waals surface area contributed by atoms with Crippen LogP contribution in [0, 0.1) is 5.82 Å². The number of hydrogen-bond acceptors (Lipinski definition) is 2. The van der Waals surface area contributed by atoms with Gasteiger partial charge < -0.3 is 9.13 Å². The first-order valence-electron chi connectivity index (χ1n) is 5.66. The first kappa shape index (κ1) is 14.7. The lowest BCUT2D eigenvalue weighted by Gasteiger charge is -2.03. The van der Waals surface area contributed by atoms with Gasteiger partial charge in [-0.1, -0.05) is 15.9 Å². The number of rotatable bonds is 3. The highest BCUT2D eigenvalue weighted by atomic mass is 79.9. The van der Waals surface area contributed by atoms with Crippen molar-refractivity contribution in [1.29, 1.82) is 0 Å². The van der Waals surface area contributed by atoms with E-state index < -0.39 is 0 Å². The van der Waals surface area contributed by atoms with Crippen molar-refractivity contribution in [3.63, 3.8) is 0 Å². The number of imidazole rings is 2. The van der Waals surface area contributed by atoms with Crippen LogP contribution in [0.25, 0.3) is 5.69 Å². The predicted octanol–water partition coefficient (Wildman–Crippen LogP) is 3.44. The summed E-state index contributed by atoms with van der Waals surface area (Å²) in [6.07, 6.45) is 8.88. The fraction of sp³-hybridized carbons (Fsp3) is 0.0769. The molecule has 2 aromatic heterocycles. The van der Waals surface area contributed by atoms with E-state index >= 15 is 0 Å². The van der Waals surface area contributed by atoms with Crippen LogP contribution in [-0.2, 0) is 6.54 Å². The summed E-state index contributed by atoms with van der Waals surface area (Å²) in [5, 5.41) is 0. The number of halogens is 3. The normalized spacial score (nSPS) is 10.3. The van der Waals surface area contributed by atoms with Crippen LogP contribution in [0.3, 0.4) is 0 Å². The Morgan fingerprint density at radius 1 is 1.20 bits per heavy atom. The van der Waals surface area contributed by atoms with Crippen molar-refractivity contribution in [3.05, 3.63) is 65.4 Å². The number of benzene rings is 1. The largest absolute Gasteiger partial charge is 0.331 e. The maximum atomic E-state index is 13.3. The lowest BCUT2D eigenvalue weighted by atomic mass is 10.3. The van der Waals surface area contributed by atoms with Crippen LogP contribution < -0.4 is 0 Å². The second-order valence-electron chi connectivity index (χ2n) is 4.13. The Balaban J connectivity index is 0.00000147. The highest BCUT2D eigenvalue weighted by Crippen LogP contribution is 2.18. The molecule has 0 bridgehead atoms. The Morgan fingerprint density at radius 2 is 2.05 bits per heavy atom. The fourth-order valence-electron chi connectivity index (χ4n) is 1.84. The Labute approximate surface area is 129 Å². The number of aromatic nitrogens is 4. The third-order valence-corrected chi connectivity index (χ3v) is 3.14. The highest BCUT2D eigenvalue weighted by Gasteiger charge is 2.04. The van der Waals surface area contributed by atoms with Crippen LogP contribution in [-0.4, -0.2) is 19.1 Å². The van der Waals surface area contributed by atoms with Crippen molar-refractivity contribution in [2.75, 3.05) is 0 Å². The molecule has 0 N–H and O–H groups in total. The van der Waals surface area contributed by atoms with E-state index in [-0.39, 0.29) is 18.2 Å². The molecule has 3 aromatic rings. The van der Waals surface area contributed by atoms with Crippen molar-refractivity contribution in [2.45, 2.75) is 6.54 Å². The summed E-state index contributed by atoms with van der Waals surface area (Å²) >= 11 is 3.28. The first-order valence-corrected chi connectivity index (χ1v) is 6.45. The van der Waals surface area contributed by atoms with Crippen molar-refractivity contribution in [2.24, 2.45) is 0 Å². The van der Waals surface area contributed by atoms with Crippen LogP contribution in [0.4, 0.5) is 4.39 Å². The Hall–Kier alpha value is -1.66. The van der Waals surface area contributed by atoms with E-state index in [1.54, 1.807) is 23.4 Å². The zero-order valence-electron chi connectivity index (χ0n) is 10.3. The van der Waals surface area contributed by atoms with Gasteiger partial charge in [-0.3, -0.25) is 0 Å². The Bertz CT molecular complexity index is 676. The lowest BCUT2D eigenvalue weighted by Crippen LogP contribution is -1.96. The van der Waals surface area contributed by atoms with Gasteiger partial charge in [0.1, 0.15) is 5.82 Å². The second-order valence-corrected chi connectivity index (χ2v) is 5.05. The molecule has 20 heavy (non-hydrogen) atoms. The average Bonchev–Trinajstić information content (AvgIpc) is 2.99. The van der Waals surface area contributed by atoms with E-state index in [4.69, 9.17) is 0 Å². The Kier molecular flexibility index (Phi) is 4.57. The molecule has 0 aliphatic carbocycles. The van der Waals surface area contributed by atoms with Crippen molar-refractivity contribution in [1.82, 2.24) is 19.1 Å². The third-order valence-electron chi connectivity index (χ3n) is 2.69. The molecule has 1 aromatic carbocycles. The molecule has 0 aliphatic rings. The van der Waals surface area contributed by atoms with E-state index in [1.807, 2.05) is 23.0 Å². The van der Waals surface area contributed by atoms with Gasteiger partial charge in [0.25, 0.3) is 0 Å². The molecule has 0 amide bonds.